The van der Waals surface area contributed by atoms with Crippen molar-refractivity contribution in [2.45, 2.75) is 45.2 Å². The van der Waals surface area contributed by atoms with E-state index < -0.39 is 0 Å². The van der Waals surface area contributed by atoms with Crippen LogP contribution in [0, 0.1) is 6.92 Å². The second-order valence-electron chi connectivity index (χ2n) is 7.19. The fraction of sp³-hybridized carbons (Fsp3) is 0.684. The number of nitrogens with one attached hydrogen (secondary N) is 1. The highest BCUT2D eigenvalue weighted by Crippen LogP contribution is 2.18. The molecule has 0 aliphatic carbocycles. The van der Waals surface area contributed by atoms with Crippen LogP contribution in [0.15, 0.2) is 18.3 Å². The first-order valence-corrected chi connectivity index (χ1v) is 9.41. The molecule has 1 aromatic heterocycles. The third-order valence-corrected chi connectivity index (χ3v) is 5.30. The average Bonchev–Trinajstić information content (AvgIpc) is 2.64. The van der Waals surface area contributed by atoms with Crippen molar-refractivity contribution in [1.82, 2.24) is 20.1 Å². The smallest absolute Gasteiger partial charge is 0.317 e. The molecule has 0 bridgehead atoms. The molecule has 3 heterocycles. The summed E-state index contributed by atoms with van der Waals surface area (Å²) in [7, 11) is 0. The Hall–Kier alpha value is -1.66. The summed E-state index contributed by atoms with van der Waals surface area (Å²) >= 11 is 0. The molecule has 2 fully saturated rings. The zero-order chi connectivity index (χ0) is 17.6. The molecule has 138 valence electrons. The molecular formula is C19H30N4O2. The molecule has 1 unspecified atom stereocenters. The number of carbonyl (C=O) groups is 1. The van der Waals surface area contributed by atoms with E-state index in [1.807, 2.05) is 24.1 Å². The van der Waals surface area contributed by atoms with E-state index in [-0.39, 0.29) is 12.1 Å². The first-order chi connectivity index (χ1) is 12.1. The average molecular weight is 346 g/mol. The van der Waals surface area contributed by atoms with Crippen LogP contribution in [0.25, 0.3) is 0 Å². The van der Waals surface area contributed by atoms with E-state index in [1.54, 1.807) is 0 Å². The van der Waals surface area contributed by atoms with Crippen LogP contribution in [0.4, 0.5) is 4.79 Å². The lowest BCUT2D eigenvalue weighted by Crippen LogP contribution is -2.53. The van der Waals surface area contributed by atoms with Gasteiger partial charge in [-0.1, -0.05) is 6.07 Å². The largest absolute Gasteiger partial charge is 0.379 e. The van der Waals surface area contributed by atoms with E-state index in [0.29, 0.717) is 6.04 Å². The summed E-state index contributed by atoms with van der Waals surface area (Å²) in [4.78, 5) is 21.4. The van der Waals surface area contributed by atoms with Gasteiger partial charge in [0.15, 0.2) is 0 Å². The number of hydrogen-bond acceptors (Lipinski definition) is 4. The van der Waals surface area contributed by atoms with Gasteiger partial charge in [-0.3, -0.25) is 9.88 Å². The standard InChI is InChI=1S/C19H30N4O2/c1-15-4-3-7-20-18(15)14-16(2)21-19(24)23-8-5-17(6-9-23)22-10-12-25-13-11-22/h3-4,7,16-17H,5-6,8-14H2,1-2H3,(H,21,24). The minimum absolute atomic E-state index is 0.0570. The molecule has 3 rings (SSSR count). The molecule has 0 spiro atoms. The topological polar surface area (TPSA) is 57.7 Å². The van der Waals surface area contributed by atoms with Gasteiger partial charge in [0.1, 0.15) is 0 Å². The van der Waals surface area contributed by atoms with Gasteiger partial charge in [0, 0.05) is 56.6 Å². The summed E-state index contributed by atoms with van der Waals surface area (Å²) in [5.41, 5.74) is 2.23. The third-order valence-electron chi connectivity index (χ3n) is 5.30. The highest BCUT2D eigenvalue weighted by molar-refractivity contribution is 5.74. The molecular weight excluding hydrogens is 316 g/mol. The Morgan fingerprint density at radius 1 is 1.32 bits per heavy atom. The number of rotatable bonds is 4. The molecule has 1 atom stereocenters. The minimum atomic E-state index is 0.0570. The number of aryl methyl sites for hydroxylation is 1. The quantitative estimate of drug-likeness (QED) is 0.904. The van der Waals surface area contributed by atoms with Crippen molar-refractivity contribution in [2.24, 2.45) is 0 Å². The number of ether oxygens (including phenoxy) is 1. The summed E-state index contributed by atoms with van der Waals surface area (Å²) in [5, 5.41) is 3.13. The molecule has 2 saturated heterocycles. The van der Waals surface area contributed by atoms with Crippen molar-refractivity contribution >= 4 is 6.03 Å². The maximum absolute atomic E-state index is 12.5. The molecule has 0 saturated carbocycles. The van der Waals surface area contributed by atoms with Crippen LogP contribution in [0.5, 0.6) is 0 Å². The van der Waals surface area contributed by atoms with Gasteiger partial charge in [0.05, 0.1) is 13.2 Å². The number of likely N-dealkylation sites (tertiary alicyclic amines) is 1. The van der Waals surface area contributed by atoms with E-state index >= 15 is 0 Å². The summed E-state index contributed by atoms with van der Waals surface area (Å²) in [6.07, 6.45) is 4.69. The Kier molecular flexibility index (Phi) is 6.26. The van der Waals surface area contributed by atoms with E-state index in [4.69, 9.17) is 4.74 Å². The highest BCUT2D eigenvalue weighted by atomic mass is 16.5. The van der Waals surface area contributed by atoms with Crippen molar-refractivity contribution in [1.29, 1.82) is 0 Å². The summed E-state index contributed by atoms with van der Waals surface area (Å²) in [6.45, 7) is 9.51. The third kappa shape index (κ3) is 4.92. The second kappa shape index (κ2) is 8.63. The number of aromatic nitrogens is 1. The van der Waals surface area contributed by atoms with Crippen LogP contribution in [-0.4, -0.2) is 72.3 Å². The normalized spacial score (nSPS) is 21.1. The fourth-order valence-electron chi connectivity index (χ4n) is 3.75. The molecule has 1 aromatic rings. The van der Waals surface area contributed by atoms with Gasteiger partial charge in [0.25, 0.3) is 0 Å². The Bertz CT molecular complexity index is 566. The van der Waals surface area contributed by atoms with Crippen molar-refractivity contribution in [3.63, 3.8) is 0 Å². The number of nitrogens with zero attached hydrogens (tertiary/aromatic N) is 3. The number of carbonyl (C=O) groups excluding carboxylic acids is 1. The zero-order valence-corrected chi connectivity index (χ0v) is 15.4. The van der Waals surface area contributed by atoms with Crippen LogP contribution in [-0.2, 0) is 11.2 Å². The molecule has 0 aromatic carbocycles. The maximum Gasteiger partial charge on any atom is 0.317 e. The summed E-state index contributed by atoms with van der Waals surface area (Å²) < 4.78 is 5.43. The Morgan fingerprint density at radius 2 is 2.04 bits per heavy atom. The number of amides is 2. The number of hydrogen-bond donors (Lipinski definition) is 1. The van der Waals surface area contributed by atoms with Crippen molar-refractivity contribution < 1.29 is 9.53 Å². The fourth-order valence-corrected chi connectivity index (χ4v) is 3.75. The molecule has 1 N–H and O–H groups in total. The lowest BCUT2D eigenvalue weighted by molar-refractivity contribution is 0.00374. The SMILES string of the molecule is Cc1cccnc1CC(C)NC(=O)N1CCC(N2CCOCC2)CC1. The van der Waals surface area contributed by atoms with Gasteiger partial charge in [-0.05, 0) is 38.3 Å². The van der Waals surface area contributed by atoms with Gasteiger partial charge < -0.3 is 15.0 Å². The van der Waals surface area contributed by atoms with E-state index in [1.165, 1.54) is 5.56 Å². The van der Waals surface area contributed by atoms with Gasteiger partial charge in [0.2, 0.25) is 0 Å². The highest BCUT2D eigenvalue weighted by Gasteiger charge is 2.28. The van der Waals surface area contributed by atoms with Crippen LogP contribution in [0.1, 0.15) is 31.0 Å². The second-order valence-corrected chi connectivity index (χ2v) is 7.19. The minimum Gasteiger partial charge on any atom is -0.379 e. The molecule has 6 heteroatoms. The van der Waals surface area contributed by atoms with E-state index in [0.717, 1.165) is 64.3 Å². The van der Waals surface area contributed by atoms with Crippen molar-refractivity contribution in [3.8, 4) is 0 Å². The maximum atomic E-state index is 12.5. The monoisotopic (exact) mass is 346 g/mol. The number of pyridine rings is 1. The Balaban J connectivity index is 1.43. The zero-order valence-electron chi connectivity index (χ0n) is 15.4. The van der Waals surface area contributed by atoms with E-state index in [9.17, 15) is 4.79 Å². The summed E-state index contributed by atoms with van der Waals surface area (Å²) in [6, 6.07) is 4.75. The van der Waals surface area contributed by atoms with E-state index in [2.05, 4.69) is 28.2 Å². The number of piperidine rings is 1. The van der Waals surface area contributed by atoms with Gasteiger partial charge in [-0.2, -0.15) is 0 Å². The first-order valence-electron chi connectivity index (χ1n) is 9.41. The molecule has 25 heavy (non-hydrogen) atoms. The van der Waals surface area contributed by atoms with Crippen molar-refractivity contribution in [3.05, 3.63) is 29.6 Å². The van der Waals surface area contributed by atoms with Gasteiger partial charge in [-0.25, -0.2) is 4.79 Å². The lowest BCUT2D eigenvalue weighted by Gasteiger charge is -2.40. The molecule has 2 amide bonds. The predicted molar refractivity (Wildman–Crippen MR) is 97.7 cm³/mol. The van der Waals surface area contributed by atoms with Crippen LogP contribution in [0.2, 0.25) is 0 Å². The summed E-state index contributed by atoms with van der Waals surface area (Å²) in [5.74, 6) is 0. The predicted octanol–water partition coefficient (Wildman–Crippen LogP) is 1.83. The van der Waals surface area contributed by atoms with Crippen LogP contribution >= 0.6 is 0 Å². The first kappa shape index (κ1) is 18.1. The number of morpholine rings is 1. The van der Waals surface area contributed by atoms with Crippen LogP contribution < -0.4 is 5.32 Å². The Morgan fingerprint density at radius 3 is 2.72 bits per heavy atom. The van der Waals surface area contributed by atoms with Crippen molar-refractivity contribution in [2.75, 3.05) is 39.4 Å². The van der Waals surface area contributed by atoms with Gasteiger partial charge in [-0.15, -0.1) is 0 Å². The molecule has 6 nitrogen and oxygen atoms in total. The van der Waals surface area contributed by atoms with Gasteiger partial charge >= 0.3 is 6.03 Å². The molecule has 2 aliphatic rings. The lowest BCUT2D eigenvalue weighted by atomic mass is 10.0. The molecule has 2 aliphatic heterocycles. The number of urea groups is 1. The van der Waals surface area contributed by atoms with Crippen LogP contribution in [0.3, 0.4) is 0 Å². The molecule has 0 radical (unpaired) electrons. The Labute approximate surface area is 150 Å².